The maximum Gasteiger partial charge on any atom is 0.307 e. The van der Waals surface area contributed by atoms with Gasteiger partial charge in [0.05, 0.1) is 11.4 Å². The third-order valence-electron chi connectivity index (χ3n) is 6.59. The van der Waals surface area contributed by atoms with Crippen molar-refractivity contribution in [3.05, 3.63) is 23.9 Å². The molecule has 4 saturated carbocycles. The molecule has 0 spiro atoms. The van der Waals surface area contributed by atoms with Gasteiger partial charge in [0.15, 0.2) is 0 Å². The Morgan fingerprint density at radius 2 is 2.00 bits per heavy atom. The molecule has 25 heavy (non-hydrogen) atoms. The minimum atomic E-state index is -0.704. The standard InChI is InChI=1S/C20H24N2O3/c1-22-11-13-8-14(25-20-5-2-12(3-6-20)4-7-20)9-16(18(13)21-22)15-10-17(15)19(23)24/h8-9,11-12,15,17H,2-7,10H2,1H3,(H,23,24)/t12?,15-,17+,20?/m0/s1. The highest BCUT2D eigenvalue weighted by molar-refractivity contribution is 5.86. The zero-order chi connectivity index (χ0) is 17.2. The maximum absolute atomic E-state index is 11.3. The van der Waals surface area contributed by atoms with Gasteiger partial charge in [-0.2, -0.15) is 5.10 Å². The zero-order valence-corrected chi connectivity index (χ0v) is 14.6. The molecule has 1 aromatic heterocycles. The molecule has 0 saturated heterocycles. The molecule has 0 aliphatic heterocycles. The lowest BCUT2D eigenvalue weighted by atomic mass is 9.68. The fraction of sp³-hybridized carbons (Fsp3) is 0.600. The largest absolute Gasteiger partial charge is 0.487 e. The summed E-state index contributed by atoms with van der Waals surface area (Å²) >= 11 is 0. The molecule has 1 N–H and O–H groups in total. The number of nitrogens with zero attached hydrogens (tertiary/aromatic N) is 2. The SMILES string of the molecule is Cn1cc2cc(OC34CCC(CC3)CC4)cc([C@@H]3C[C@H]3C(=O)O)c2n1. The molecule has 0 unspecified atom stereocenters. The van der Waals surface area contributed by atoms with E-state index in [1.165, 1.54) is 19.3 Å². The van der Waals surface area contributed by atoms with Crippen LogP contribution in [0.2, 0.25) is 0 Å². The summed E-state index contributed by atoms with van der Waals surface area (Å²) in [5, 5.41) is 14.9. The van der Waals surface area contributed by atoms with E-state index in [2.05, 4.69) is 17.2 Å². The highest BCUT2D eigenvalue weighted by atomic mass is 16.5. The molecule has 4 fully saturated rings. The second-order valence-electron chi connectivity index (χ2n) is 8.31. The minimum Gasteiger partial charge on any atom is -0.487 e. The molecule has 5 nitrogen and oxygen atoms in total. The minimum absolute atomic E-state index is 0.00233. The molecule has 2 aromatic rings. The zero-order valence-electron chi connectivity index (χ0n) is 14.6. The van der Waals surface area contributed by atoms with E-state index in [1.807, 2.05) is 13.2 Å². The van der Waals surface area contributed by atoms with E-state index in [9.17, 15) is 9.90 Å². The predicted octanol–water partition coefficient (Wildman–Crippen LogP) is 3.86. The van der Waals surface area contributed by atoms with Gasteiger partial charge in [-0.1, -0.05) is 0 Å². The van der Waals surface area contributed by atoms with Gasteiger partial charge in [0.2, 0.25) is 0 Å². The predicted molar refractivity (Wildman–Crippen MR) is 93.7 cm³/mol. The van der Waals surface area contributed by atoms with Crippen LogP contribution in [0.3, 0.4) is 0 Å². The van der Waals surface area contributed by atoms with Crippen LogP contribution in [0.4, 0.5) is 0 Å². The number of carbonyl (C=O) groups is 1. The van der Waals surface area contributed by atoms with Crippen LogP contribution < -0.4 is 4.74 Å². The fourth-order valence-corrected chi connectivity index (χ4v) is 5.02. The van der Waals surface area contributed by atoms with Crippen LogP contribution >= 0.6 is 0 Å². The van der Waals surface area contributed by atoms with Crippen molar-refractivity contribution in [2.45, 2.75) is 56.5 Å². The Hall–Kier alpha value is -2.04. The third kappa shape index (κ3) is 2.52. The average molecular weight is 340 g/mol. The molecule has 0 radical (unpaired) electrons. The summed E-state index contributed by atoms with van der Waals surface area (Å²) in [7, 11) is 1.91. The first-order chi connectivity index (χ1) is 12.0. The lowest BCUT2D eigenvalue weighted by molar-refractivity contribution is -0.138. The molecular weight excluding hydrogens is 316 g/mol. The van der Waals surface area contributed by atoms with Crippen molar-refractivity contribution in [3.63, 3.8) is 0 Å². The fourth-order valence-electron chi connectivity index (χ4n) is 5.02. The van der Waals surface area contributed by atoms with E-state index >= 15 is 0 Å². The summed E-state index contributed by atoms with van der Waals surface area (Å²) in [5.41, 5.74) is 1.97. The van der Waals surface area contributed by atoms with Crippen LogP contribution in [0, 0.1) is 11.8 Å². The van der Waals surface area contributed by atoms with E-state index in [0.29, 0.717) is 6.42 Å². The van der Waals surface area contributed by atoms with Crippen molar-refractivity contribution in [1.29, 1.82) is 0 Å². The summed E-state index contributed by atoms with van der Waals surface area (Å²) in [4.78, 5) is 11.3. The summed E-state index contributed by atoms with van der Waals surface area (Å²) in [6, 6.07) is 4.15. The Balaban J connectivity index is 1.52. The molecular formula is C20H24N2O3. The topological polar surface area (TPSA) is 64.3 Å². The monoisotopic (exact) mass is 340 g/mol. The van der Waals surface area contributed by atoms with Gasteiger partial charge < -0.3 is 9.84 Å². The van der Waals surface area contributed by atoms with Gasteiger partial charge in [0, 0.05) is 24.5 Å². The number of carboxylic acid groups (broad SMARTS) is 1. The van der Waals surface area contributed by atoms with E-state index in [4.69, 9.17) is 4.74 Å². The number of aliphatic carboxylic acids is 1. The van der Waals surface area contributed by atoms with E-state index < -0.39 is 5.97 Å². The molecule has 1 aromatic carbocycles. The van der Waals surface area contributed by atoms with Gasteiger partial charge in [-0.05, 0) is 68.6 Å². The van der Waals surface area contributed by atoms with Gasteiger partial charge in [-0.3, -0.25) is 9.48 Å². The number of rotatable bonds is 4. The van der Waals surface area contributed by atoms with Crippen molar-refractivity contribution in [2.24, 2.45) is 18.9 Å². The summed E-state index contributed by atoms with van der Waals surface area (Å²) in [5.74, 6) is 0.892. The number of aromatic nitrogens is 2. The first-order valence-electron chi connectivity index (χ1n) is 9.42. The van der Waals surface area contributed by atoms with Gasteiger partial charge in [0.1, 0.15) is 11.4 Å². The van der Waals surface area contributed by atoms with E-state index in [0.717, 1.165) is 47.4 Å². The number of fused-ring (bicyclic) bond motifs is 4. The Morgan fingerprint density at radius 1 is 1.28 bits per heavy atom. The van der Waals surface area contributed by atoms with Crippen LogP contribution in [-0.4, -0.2) is 26.5 Å². The van der Waals surface area contributed by atoms with Gasteiger partial charge in [0.25, 0.3) is 0 Å². The number of carboxylic acids is 1. The summed E-state index contributed by atoms with van der Waals surface area (Å²) < 4.78 is 8.38. The van der Waals surface area contributed by atoms with Crippen molar-refractivity contribution in [1.82, 2.24) is 9.78 Å². The van der Waals surface area contributed by atoms with Gasteiger partial charge in [-0.25, -0.2) is 0 Å². The highest BCUT2D eigenvalue weighted by Crippen LogP contribution is 2.51. The highest BCUT2D eigenvalue weighted by Gasteiger charge is 2.46. The normalized spacial score (nSPS) is 33.6. The molecule has 1 heterocycles. The first kappa shape index (κ1) is 15.2. The van der Waals surface area contributed by atoms with Gasteiger partial charge in [-0.15, -0.1) is 0 Å². The number of hydrogen-bond donors (Lipinski definition) is 1. The van der Waals surface area contributed by atoms with Crippen LogP contribution in [0.15, 0.2) is 18.3 Å². The lowest BCUT2D eigenvalue weighted by Gasteiger charge is -2.46. The Morgan fingerprint density at radius 3 is 2.64 bits per heavy atom. The maximum atomic E-state index is 11.3. The second-order valence-corrected chi connectivity index (χ2v) is 8.31. The van der Waals surface area contributed by atoms with Gasteiger partial charge >= 0.3 is 5.97 Å². The molecule has 4 aliphatic carbocycles. The van der Waals surface area contributed by atoms with Crippen molar-refractivity contribution in [2.75, 3.05) is 0 Å². The smallest absolute Gasteiger partial charge is 0.307 e. The summed E-state index contributed by atoms with van der Waals surface area (Å²) in [6.45, 7) is 0. The molecule has 6 rings (SSSR count). The number of ether oxygens (including phenoxy) is 1. The Labute approximate surface area is 147 Å². The van der Waals surface area contributed by atoms with Crippen molar-refractivity contribution >= 4 is 16.9 Å². The van der Waals surface area contributed by atoms with E-state index in [1.54, 1.807) is 4.68 Å². The molecule has 0 amide bonds. The second kappa shape index (κ2) is 5.23. The van der Waals surface area contributed by atoms with Crippen LogP contribution in [0.25, 0.3) is 10.9 Å². The molecule has 5 heteroatoms. The summed E-state index contributed by atoms with van der Waals surface area (Å²) in [6.07, 6.45) is 10.0. The Bertz CT molecular complexity index is 834. The van der Waals surface area contributed by atoms with Crippen LogP contribution in [0.1, 0.15) is 56.4 Å². The van der Waals surface area contributed by atoms with Crippen molar-refractivity contribution in [3.8, 4) is 5.75 Å². The number of hydrogen-bond acceptors (Lipinski definition) is 3. The van der Waals surface area contributed by atoms with E-state index in [-0.39, 0.29) is 17.4 Å². The molecule has 4 aliphatic rings. The number of benzene rings is 1. The molecule has 132 valence electrons. The molecule has 2 atom stereocenters. The lowest BCUT2D eigenvalue weighted by Crippen LogP contribution is -2.44. The van der Waals surface area contributed by atoms with Crippen molar-refractivity contribution < 1.29 is 14.6 Å². The van der Waals surface area contributed by atoms with Crippen LogP contribution in [-0.2, 0) is 11.8 Å². The van der Waals surface area contributed by atoms with Crippen LogP contribution in [0.5, 0.6) is 5.75 Å². The quantitative estimate of drug-likeness (QED) is 0.918. The third-order valence-corrected chi connectivity index (χ3v) is 6.59. The Kier molecular flexibility index (Phi) is 3.19. The average Bonchev–Trinajstić information content (AvgIpc) is 3.31. The first-order valence-corrected chi connectivity index (χ1v) is 9.42. The molecule has 2 bridgehead atoms. The number of aryl methyl sites for hydroxylation is 1.